The third kappa shape index (κ3) is 4.25. The van der Waals surface area contributed by atoms with Crippen LogP contribution in [0.5, 0.6) is 0 Å². The van der Waals surface area contributed by atoms with Crippen LogP contribution in [0.1, 0.15) is 46.8 Å². The summed E-state index contributed by atoms with van der Waals surface area (Å²) in [5, 5.41) is 15.0. The van der Waals surface area contributed by atoms with Crippen LogP contribution in [0.4, 0.5) is 11.4 Å². The van der Waals surface area contributed by atoms with Gasteiger partial charge in [-0.15, -0.1) is 23.4 Å². The molecule has 3 aromatic carbocycles. The van der Waals surface area contributed by atoms with Crippen LogP contribution in [0.3, 0.4) is 0 Å². The predicted octanol–water partition coefficient (Wildman–Crippen LogP) is 7.60. The van der Waals surface area contributed by atoms with Crippen molar-refractivity contribution in [3.8, 4) is 0 Å². The van der Waals surface area contributed by atoms with Crippen molar-refractivity contribution in [2.75, 3.05) is 5.32 Å². The fraction of sp³-hybridized carbons (Fsp3) is 0.269. The number of nitro benzene ring substituents is 1. The number of ketones is 1. The lowest BCUT2D eigenvalue weighted by Crippen LogP contribution is -2.31. The average molecular weight is 558 g/mol. The standard InChI is InChI=1S/C26H22BrClN2O3S/c1-14(31)16-8-11-20-18(12-16)24-19(26(29-20)15-6-9-17(27)10-7-15)13-23(25(24)28)34-22-5-3-2-4-21(22)30(32)33/h2-12,19,23-26,29H,13H2,1H3/t19-,23-,24+,25-,26-/m0/s1. The Morgan fingerprint density at radius 1 is 1.15 bits per heavy atom. The van der Waals surface area contributed by atoms with Gasteiger partial charge in [0.1, 0.15) is 0 Å². The maximum absolute atomic E-state index is 12.1. The SMILES string of the molecule is CC(=O)c1ccc2c(c1)[C@H]1[C@@H](Cl)[C@@H](Sc3ccccc3[N+](=O)[O-])C[C@@H]1[C@H](c1ccc(Br)cc1)N2. The number of alkyl halides is 1. The minimum Gasteiger partial charge on any atom is -0.378 e. The Labute approximate surface area is 215 Å². The van der Waals surface area contributed by atoms with Gasteiger partial charge in [-0.2, -0.15) is 0 Å². The minimum atomic E-state index is -0.339. The van der Waals surface area contributed by atoms with Gasteiger partial charge in [0.05, 0.1) is 21.2 Å². The van der Waals surface area contributed by atoms with Crippen molar-refractivity contribution in [3.63, 3.8) is 0 Å². The monoisotopic (exact) mass is 556 g/mol. The van der Waals surface area contributed by atoms with E-state index in [1.54, 1.807) is 19.1 Å². The van der Waals surface area contributed by atoms with Crippen molar-refractivity contribution >= 4 is 56.5 Å². The van der Waals surface area contributed by atoms with Crippen LogP contribution < -0.4 is 5.32 Å². The Bertz CT molecular complexity index is 1270. The van der Waals surface area contributed by atoms with Crippen molar-refractivity contribution in [2.45, 2.75) is 40.8 Å². The molecular weight excluding hydrogens is 536 g/mol. The number of fused-ring (bicyclic) bond motifs is 3. The van der Waals surface area contributed by atoms with E-state index in [1.165, 1.54) is 23.4 Å². The van der Waals surface area contributed by atoms with E-state index in [-0.39, 0.29) is 44.9 Å². The van der Waals surface area contributed by atoms with E-state index >= 15 is 0 Å². The van der Waals surface area contributed by atoms with Crippen molar-refractivity contribution < 1.29 is 9.72 Å². The molecule has 1 heterocycles. The lowest BCUT2D eigenvalue weighted by molar-refractivity contribution is -0.387. The quantitative estimate of drug-likeness (QED) is 0.151. The number of nitrogens with zero attached hydrogens (tertiary/aromatic N) is 1. The first-order valence-corrected chi connectivity index (χ1v) is 13.2. The van der Waals surface area contributed by atoms with Crippen LogP contribution in [-0.2, 0) is 0 Å². The largest absolute Gasteiger partial charge is 0.378 e. The summed E-state index contributed by atoms with van der Waals surface area (Å²) in [6, 6.07) is 21.0. The number of anilines is 1. The molecule has 5 atom stereocenters. The zero-order valence-corrected chi connectivity index (χ0v) is 21.4. The van der Waals surface area contributed by atoms with Crippen LogP contribution in [0.2, 0.25) is 0 Å². The molecule has 0 unspecified atom stereocenters. The van der Waals surface area contributed by atoms with Gasteiger partial charge in [0.2, 0.25) is 0 Å². The van der Waals surface area contributed by atoms with E-state index in [0.717, 1.165) is 22.1 Å². The van der Waals surface area contributed by atoms with Crippen molar-refractivity contribution in [1.29, 1.82) is 0 Å². The molecule has 1 saturated carbocycles. The van der Waals surface area contributed by atoms with E-state index in [9.17, 15) is 14.9 Å². The molecule has 1 aliphatic carbocycles. The van der Waals surface area contributed by atoms with Gasteiger partial charge in [-0.3, -0.25) is 14.9 Å². The summed E-state index contributed by atoms with van der Waals surface area (Å²) in [7, 11) is 0. The maximum Gasteiger partial charge on any atom is 0.282 e. The van der Waals surface area contributed by atoms with Gasteiger partial charge in [-0.25, -0.2) is 0 Å². The van der Waals surface area contributed by atoms with E-state index in [0.29, 0.717) is 10.5 Å². The summed E-state index contributed by atoms with van der Waals surface area (Å²) in [6.45, 7) is 1.57. The molecule has 8 heteroatoms. The number of carbonyl (C=O) groups excluding carboxylic acids is 1. The number of hydrogen-bond acceptors (Lipinski definition) is 5. The molecule has 5 rings (SSSR count). The summed E-state index contributed by atoms with van der Waals surface area (Å²) in [4.78, 5) is 24.0. The topological polar surface area (TPSA) is 72.2 Å². The van der Waals surface area contributed by atoms with Crippen LogP contribution in [0.15, 0.2) is 76.1 Å². The minimum absolute atomic E-state index is 0.00977. The Morgan fingerprint density at radius 3 is 2.59 bits per heavy atom. The number of nitrogens with one attached hydrogen (secondary N) is 1. The second kappa shape index (κ2) is 9.36. The number of halogens is 2. The Hall–Kier alpha value is -2.35. The lowest BCUT2D eigenvalue weighted by atomic mass is 9.76. The van der Waals surface area contributed by atoms with Crippen LogP contribution in [0.25, 0.3) is 0 Å². The predicted molar refractivity (Wildman–Crippen MR) is 140 cm³/mol. The highest BCUT2D eigenvalue weighted by atomic mass is 79.9. The second-order valence-corrected chi connectivity index (χ2v) is 11.5. The molecule has 0 saturated heterocycles. The molecule has 0 radical (unpaired) electrons. The van der Waals surface area contributed by atoms with Crippen LogP contribution in [0, 0.1) is 16.0 Å². The molecule has 0 aromatic heterocycles. The highest BCUT2D eigenvalue weighted by Gasteiger charge is 2.50. The van der Waals surface area contributed by atoms with Crippen molar-refractivity contribution in [1.82, 2.24) is 0 Å². The Morgan fingerprint density at radius 2 is 1.88 bits per heavy atom. The highest BCUT2D eigenvalue weighted by molar-refractivity contribution is 9.10. The Kier molecular flexibility index (Phi) is 6.44. The number of para-hydroxylation sites is 1. The van der Waals surface area contributed by atoms with E-state index in [1.807, 2.05) is 36.4 Å². The second-order valence-electron chi connectivity index (χ2n) is 8.78. The lowest BCUT2D eigenvalue weighted by Gasteiger charge is -2.38. The summed E-state index contributed by atoms with van der Waals surface area (Å²) in [5.41, 5.74) is 3.98. The van der Waals surface area contributed by atoms with E-state index < -0.39 is 0 Å². The van der Waals surface area contributed by atoms with Gasteiger partial charge >= 0.3 is 0 Å². The fourth-order valence-electron chi connectivity index (χ4n) is 5.21. The molecular formula is C26H22BrClN2O3S. The normalized spacial score (nSPS) is 25.2. The number of benzene rings is 3. The molecule has 1 N–H and O–H groups in total. The summed E-state index contributed by atoms with van der Waals surface area (Å²) in [6.07, 6.45) is 0.799. The zero-order chi connectivity index (χ0) is 24.0. The molecule has 5 nitrogen and oxygen atoms in total. The molecule has 3 aromatic rings. The number of hydrogen-bond donors (Lipinski definition) is 1. The number of nitro groups is 1. The third-order valence-corrected chi connectivity index (χ3v) is 9.43. The summed E-state index contributed by atoms with van der Waals surface area (Å²) < 4.78 is 1.02. The first-order chi connectivity index (χ1) is 16.3. The number of rotatable bonds is 5. The van der Waals surface area contributed by atoms with E-state index in [4.69, 9.17) is 11.6 Å². The average Bonchev–Trinajstić information content (AvgIpc) is 3.15. The van der Waals surface area contributed by atoms with Gasteiger partial charge in [-0.1, -0.05) is 40.2 Å². The number of Topliss-reactive ketones (excluding diaryl/α,β-unsaturated/α-hetero) is 1. The van der Waals surface area contributed by atoms with Gasteiger partial charge in [0.15, 0.2) is 5.78 Å². The first-order valence-electron chi connectivity index (χ1n) is 11.0. The van der Waals surface area contributed by atoms with Crippen molar-refractivity contribution in [3.05, 3.63) is 98.0 Å². The van der Waals surface area contributed by atoms with Gasteiger partial charge in [0, 0.05) is 33.0 Å². The number of carbonyl (C=O) groups is 1. The van der Waals surface area contributed by atoms with E-state index in [2.05, 4.69) is 33.4 Å². The highest BCUT2D eigenvalue weighted by Crippen LogP contribution is 2.58. The van der Waals surface area contributed by atoms with Crippen LogP contribution >= 0.6 is 39.3 Å². The molecule has 1 fully saturated rings. The smallest absolute Gasteiger partial charge is 0.282 e. The van der Waals surface area contributed by atoms with Crippen molar-refractivity contribution in [2.24, 2.45) is 5.92 Å². The van der Waals surface area contributed by atoms with Gasteiger partial charge in [-0.05, 0) is 66.8 Å². The molecule has 2 aliphatic rings. The molecule has 0 amide bonds. The molecule has 1 aliphatic heterocycles. The van der Waals surface area contributed by atoms with Gasteiger partial charge < -0.3 is 5.32 Å². The maximum atomic E-state index is 12.1. The first kappa shape index (κ1) is 23.4. The molecule has 0 spiro atoms. The Balaban J connectivity index is 1.55. The summed E-state index contributed by atoms with van der Waals surface area (Å²) >= 11 is 12.2. The fourth-order valence-corrected chi connectivity index (χ4v) is 7.41. The van der Waals surface area contributed by atoms with Crippen LogP contribution in [-0.4, -0.2) is 21.3 Å². The molecule has 174 valence electrons. The zero-order valence-electron chi connectivity index (χ0n) is 18.3. The third-order valence-electron chi connectivity index (χ3n) is 6.79. The van der Waals surface area contributed by atoms with Gasteiger partial charge in [0.25, 0.3) is 5.69 Å². The number of thioether (sulfide) groups is 1. The molecule has 0 bridgehead atoms. The molecule has 34 heavy (non-hydrogen) atoms. The summed E-state index contributed by atoms with van der Waals surface area (Å²) in [5.74, 6) is 0.217.